The third kappa shape index (κ3) is 19.9. The molecule has 0 aliphatic carbocycles. The van der Waals surface area contributed by atoms with E-state index in [1.807, 2.05) is 82.3 Å². The normalized spacial score (nSPS) is 11.8. The highest BCUT2D eigenvalue weighted by atomic mass is 35.5. The highest BCUT2D eigenvalue weighted by Crippen LogP contribution is 2.30. The predicted octanol–water partition coefficient (Wildman–Crippen LogP) is 18.0. The van der Waals surface area contributed by atoms with Crippen LogP contribution in [0.15, 0.2) is 133 Å². The number of aryl methyl sites for hydroxylation is 1. The number of carbonyl (C=O) groups is 4. The second-order valence-corrected chi connectivity index (χ2v) is 21.0. The van der Waals surface area contributed by atoms with Gasteiger partial charge in [-0.25, -0.2) is 9.59 Å². The molecule has 0 aromatic heterocycles. The van der Waals surface area contributed by atoms with Crippen LogP contribution in [-0.4, -0.2) is 41.2 Å². The minimum Gasteiger partial charge on any atom is -0.492 e. The number of rotatable bonds is 26. The van der Waals surface area contributed by atoms with Gasteiger partial charge in [0.15, 0.2) is 0 Å². The van der Waals surface area contributed by atoms with Gasteiger partial charge in [-0.05, 0) is 138 Å². The van der Waals surface area contributed by atoms with Crippen LogP contribution in [0.5, 0.6) is 28.7 Å². The first-order valence-corrected chi connectivity index (χ1v) is 28.0. The van der Waals surface area contributed by atoms with E-state index >= 15 is 0 Å². The minimum atomic E-state index is -0.697. The van der Waals surface area contributed by atoms with Crippen LogP contribution in [-0.2, 0) is 16.0 Å². The first kappa shape index (κ1) is 61.0. The molecule has 0 aliphatic rings. The molecular weight excluding hydrogens is 1040 g/mol. The van der Waals surface area contributed by atoms with E-state index in [9.17, 15) is 19.2 Å². The van der Waals surface area contributed by atoms with Crippen molar-refractivity contribution in [1.82, 2.24) is 0 Å². The smallest absolute Gasteiger partial charge is 0.343 e. The highest BCUT2D eigenvalue weighted by molar-refractivity contribution is 6.32. The van der Waals surface area contributed by atoms with Gasteiger partial charge in [-0.3, -0.25) is 9.59 Å². The van der Waals surface area contributed by atoms with E-state index < -0.39 is 34.6 Å². The van der Waals surface area contributed by atoms with Gasteiger partial charge in [0.1, 0.15) is 39.5 Å². The zero-order chi connectivity index (χ0) is 55.0. The van der Waals surface area contributed by atoms with Gasteiger partial charge >= 0.3 is 23.9 Å². The summed E-state index contributed by atoms with van der Waals surface area (Å²) in [6, 6.07) is 38.9. The van der Waals surface area contributed by atoms with Gasteiger partial charge in [0.05, 0.1) is 22.8 Å². The molecule has 6 aromatic rings. The topological polar surface area (TPSA) is 114 Å². The molecule has 0 aliphatic heterocycles. The van der Waals surface area contributed by atoms with Crippen LogP contribution < -0.4 is 23.7 Å². The average Bonchev–Trinajstić information content (AvgIpc) is 3.42. The predicted molar refractivity (Wildman–Crippen MR) is 308 cm³/mol. The Bertz CT molecular complexity index is 2760. The van der Waals surface area contributed by atoms with Crippen LogP contribution >= 0.6 is 46.4 Å². The zero-order valence-corrected chi connectivity index (χ0v) is 47.4. The third-order valence-corrected chi connectivity index (χ3v) is 14.3. The standard InChI is InChI=1S/C34H40Cl2O5.C29H30Cl2O4/c1-4-5-6-7-8-9-10-11-22-39-31-21-16-27(23-30(31)35)33(37)40-28-17-12-25(13-18-28)26-14-19-29(20-15-26)41-34(38)32(36)24(2)3;1-4-5-6-7-22-8-9-23(18-26(22)30)28(32)34-24-14-10-20(11-15-24)21-12-16-25(17-13-21)35-29(33)27(31)19(2)3/h12-21,23-24,32H,4-11,22H2,1-3H3;8-19,27H,4-7H2,1-3H3. The molecule has 2 atom stereocenters. The van der Waals surface area contributed by atoms with Gasteiger partial charge in [0, 0.05) is 5.02 Å². The maximum atomic E-state index is 12.7. The summed E-state index contributed by atoms with van der Waals surface area (Å²) in [7, 11) is 0. The molecule has 6 aromatic carbocycles. The molecule has 0 bridgehead atoms. The van der Waals surface area contributed by atoms with Crippen molar-refractivity contribution < 1.29 is 42.9 Å². The molecule has 404 valence electrons. The van der Waals surface area contributed by atoms with Gasteiger partial charge in [-0.2, -0.15) is 0 Å². The van der Waals surface area contributed by atoms with Gasteiger partial charge in [-0.15, -0.1) is 23.2 Å². The number of ether oxygens (including phenoxy) is 5. The fourth-order valence-corrected chi connectivity index (χ4v) is 8.29. The lowest BCUT2D eigenvalue weighted by Gasteiger charge is -2.12. The molecule has 0 radical (unpaired) electrons. The van der Waals surface area contributed by atoms with Crippen molar-refractivity contribution >= 4 is 70.3 Å². The Morgan fingerprint density at radius 2 is 0.776 bits per heavy atom. The van der Waals surface area contributed by atoms with Gasteiger partial charge in [-0.1, -0.05) is 177 Å². The largest absolute Gasteiger partial charge is 0.492 e. The lowest BCUT2D eigenvalue weighted by atomic mass is 10.0. The van der Waals surface area contributed by atoms with E-state index in [4.69, 9.17) is 70.1 Å². The third-order valence-electron chi connectivity index (χ3n) is 12.3. The van der Waals surface area contributed by atoms with Crippen LogP contribution in [0.4, 0.5) is 0 Å². The number of benzene rings is 6. The maximum Gasteiger partial charge on any atom is 0.343 e. The molecule has 9 nitrogen and oxygen atoms in total. The number of hydrogen-bond donors (Lipinski definition) is 0. The average molecular weight is 1110 g/mol. The van der Waals surface area contributed by atoms with Crippen molar-refractivity contribution in [2.45, 2.75) is 129 Å². The van der Waals surface area contributed by atoms with Crippen molar-refractivity contribution in [3.63, 3.8) is 0 Å². The molecule has 0 fully saturated rings. The number of unbranched alkanes of at least 4 members (excludes halogenated alkanes) is 9. The number of carbonyl (C=O) groups excluding carboxylic acids is 4. The molecule has 0 N–H and O–H groups in total. The highest BCUT2D eigenvalue weighted by Gasteiger charge is 2.23. The Kier molecular flexibility index (Phi) is 25.7. The fraction of sp³-hybridized carbons (Fsp3) is 0.365. The van der Waals surface area contributed by atoms with E-state index in [2.05, 4.69) is 13.8 Å². The quantitative estimate of drug-likeness (QED) is 0.0227. The SMILES string of the molecule is CCCCCCCCCCOc1ccc(C(=O)Oc2ccc(-c3ccc(OC(=O)C(Cl)C(C)C)cc3)cc2)cc1Cl.CCCCCc1ccc(C(=O)Oc2ccc(-c3ccc(OC(=O)C(Cl)C(C)C)cc3)cc2)cc1Cl. The summed E-state index contributed by atoms with van der Waals surface area (Å²) in [5.74, 6) is 0.369. The van der Waals surface area contributed by atoms with Crippen LogP contribution in [0.25, 0.3) is 22.3 Å². The Balaban J connectivity index is 0.000000284. The molecule has 0 saturated carbocycles. The van der Waals surface area contributed by atoms with Crippen LogP contribution in [0.2, 0.25) is 10.0 Å². The maximum absolute atomic E-state index is 12.7. The summed E-state index contributed by atoms with van der Waals surface area (Å²) in [5.41, 5.74) is 5.51. The molecule has 6 rings (SSSR count). The number of hydrogen-bond acceptors (Lipinski definition) is 9. The molecule has 13 heteroatoms. The molecule has 0 saturated heterocycles. The summed E-state index contributed by atoms with van der Waals surface area (Å²) in [6.45, 7) is 12.4. The van der Waals surface area contributed by atoms with E-state index in [0.29, 0.717) is 56.5 Å². The first-order valence-electron chi connectivity index (χ1n) is 26.3. The van der Waals surface area contributed by atoms with Crippen molar-refractivity contribution in [2.24, 2.45) is 11.8 Å². The number of esters is 4. The molecule has 0 heterocycles. The van der Waals surface area contributed by atoms with E-state index in [0.717, 1.165) is 66.3 Å². The Morgan fingerprint density at radius 3 is 1.16 bits per heavy atom. The molecule has 0 spiro atoms. The Labute approximate surface area is 469 Å². The van der Waals surface area contributed by atoms with Crippen LogP contribution in [0, 0.1) is 11.8 Å². The Morgan fingerprint density at radius 1 is 0.421 bits per heavy atom. The second kappa shape index (κ2) is 32.0. The minimum absolute atomic E-state index is 0.0112. The van der Waals surface area contributed by atoms with E-state index in [-0.39, 0.29) is 11.8 Å². The summed E-state index contributed by atoms with van der Waals surface area (Å²) in [5, 5.41) is -0.415. The van der Waals surface area contributed by atoms with Crippen LogP contribution in [0.3, 0.4) is 0 Å². The van der Waals surface area contributed by atoms with Crippen molar-refractivity contribution in [3.05, 3.63) is 160 Å². The lowest BCUT2D eigenvalue weighted by molar-refractivity contribution is -0.135. The van der Waals surface area contributed by atoms with E-state index in [1.54, 1.807) is 78.9 Å². The summed E-state index contributed by atoms with van der Waals surface area (Å²) in [6.07, 6.45) is 14.1. The second-order valence-electron chi connectivity index (χ2n) is 19.2. The van der Waals surface area contributed by atoms with Crippen LogP contribution in [0.1, 0.15) is 138 Å². The van der Waals surface area contributed by atoms with Crippen molar-refractivity contribution in [1.29, 1.82) is 0 Å². The molecule has 76 heavy (non-hydrogen) atoms. The Hall–Kier alpha value is -5.84. The summed E-state index contributed by atoms with van der Waals surface area (Å²) >= 11 is 24.9. The number of halogens is 4. The van der Waals surface area contributed by atoms with Crippen molar-refractivity contribution in [2.75, 3.05) is 6.61 Å². The molecule has 0 amide bonds. The van der Waals surface area contributed by atoms with Crippen molar-refractivity contribution in [3.8, 4) is 51.0 Å². The van der Waals surface area contributed by atoms with Gasteiger partial charge in [0.2, 0.25) is 0 Å². The number of alkyl halides is 2. The molecular formula is C63H70Cl4O9. The van der Waals surface area contributed by atoms with Gasteiger partial charge in [0.25, 0.3) is 0 Å². The first-order chi connectivity index (χ1) is 36.6. The van der Waals surface area contributed by atoms with Gasteiger partial charge < -0.3 is 23.7 Å². The lowest BCUT2D eigenvalue weighted by Crippen LogP contribution is -2.25. The monoisotopic (exact) mass is 1110 g/mol. The molecule has 2 unspecified atom stereocenters. The van der Waals surface area contributed by atoms with E-state index in [1.165, 1.54) is 38.5 Å². The fourth-order valence-electron chi connectivity index (χ4n) is 7.69. The summed E-state index contributed by atoms with van der Waals surface area (Å²) in [4.78, 5) is 49.4. The zero-order valence-electron chi connectivity index (χ0n) is 44.4. The summed E-state index contributed by atoms with van der Waals surface area (Å²) < 4.78 is 27.6.